The highest BCUT2D eigenvalue weighted by Crippen LogP contribution is 2.51. The van der Waals surface area contributed by atoms with Crippen molar-refractivity contribution >= 4 is 45.6 Å². The van der Waals surface area contributed by atoms with Gasteiger partial charge >= 0.3 is 5.97 Å². The number of nitrogen functional groups attached to an aromatic ring is 1. The van der Waals surface area contributed by atoms with Gasteiger partial charge in [0.1, 0.15) is 11.3 Å². The highest BCUT2D eigenvalue weighted by atomic mass is 35.5. The van der Waals surface area contributed by atoms with Crippen LogP contribution in [-0.2, 0) is 9.53 Å². The molecular weight excluding hydrogens is 442 g/mol. The number of nitrogens with zero attached hydrogens (tertiary/aromatic N) is 1. The van der Waals surface area contributed by atoms with Gasteiger partial charge in [-0.25, -0.2) is 4.79 Å². The molecule has 0 bridgehead atoms. The number of phenolic OH excluding ortho intramolecular Hbond substituents is 1. The van der Waals surface area contributed by atoms with E-state index < -0.39 is 5.97 Å². The number of halogens is 1. The fourth-order valence-electron chi connectivity index (χ4n) is 5.08. The number of carbonyl (C=O) groups excluding carboxylic acids is 2. The molecule has 1 aliphatic carbocycles. The minimum Gasteiger partial charge on any atom is -0.506 e. The summed E-state index contributed by atoms with van der Waals surface area (Å²) in [5.74, 6) is -0.238. The predicted octanol–water partition coefficient (Wildman–Crippen LogP) is 4.58. The number of rotatable bonds is 6. The second-order valence-corrected chi connectivity index (χ2v) is 10.1. The van der Waals surface area contributed by atoms with Crippen LogP contribution >= 0.6 is 11.6 Å². The van der Waals surface area contributed by atoms with Crippen LogP contribution in [0.1, 0.15) is 68.8 Å². The first kappa shape index (κ1) is 23.5. The summed E-state index contributed by atoms with van der Waals surface area (Å²) in [5.41, 5.74) is 8.41. The van der Waals surface area contributed by atoms with Gasteiger partial charge in [0.05, 0.1) is 23.0 Å². The van der Waals surface area contributed by atoms with Crippen LogP contribution in [0, 0.1) is 5.92 Å². The Kier molecular flexibility index (Phi) is 6.12. The lowest BCUT2D eigenvalue weighted by Crippen LogP contribution is -2.49. The molecule has 1 heterocycles. The Hall–Kier alpha value is -2.67. The quantitative estimate of drug-likeness (QED) is 0.419. The number of nitrogens with two attached hydrogens (primary N) is 1. The van der Waals surface area contributed by atoms with Crippen molar-refractivity contribution < 1.29 is 19.4 Å². The summed E-state index contributed by atoms with van der Waals surface area (Å²) >= 11 is 7.00. The molecule has 1 aliphatic heterocycles. The van der Waals surface area contributed by atoms with Crippen LogP contribution in [-0.4, -0.2) is 42.2 Å². The first-order chi connectivity index (χ1) is 15.5. The van der Waals surface area contributed by atoms with E-state index in [1.54, 1.807) is 19.1 Å². The van der Waals surface area contributed by atoms with Gasteiger partial charge in [-0.3, -0.25) is 4.79 Å². The summed E-state index contributed by atoms with van der Waals surface area (Å²) in [6, 6.07) is 3.44. The minimum atomic E-state index is -0.555. The summed E-state index contributed by atoms with van der Waals surface area (Å²) in [6.45, 7) is 9.02. The predicted molar refractivity (Wildman–Crippen MR) is 131 cm³/mol. The van der Waals surface area contributed by atoms with Gasteiger partial charge in [0, 0.05) is 42.2 Å². The van der Waals surface area contributed by atoms with Gasteiger partial charge in [-0.2, -0.15) is 0 Å². The van der Waals surface area contributed by atoms with E-state index in [-0.39, 0.29) is 35.3 Å². The molecule has 0 radical (unpaired) electrons. The number of benzene rings is 2. The number of esters is 1. The standard InChI is InChI=1S/C25H32ClN3O4/c1-5-33-24(32)18-10-16(14-6-7-14)20-17(23(18)31)11-19(27)22(21(20)26)29-9-8-15(12-29)25(3,4)28-13(2)30/h10-11,14-15,31H,5-9,12,27H2,1-4H3,(H,28,30)/t15-/m0/s1. The zero-order valence-electron chi connectivity index (χ0n) is 19.6. The fraction of sp³-hybridized carbons (Fsp3) is 0.520. The second kappa shape index (κ2) is 8.60. The molecule has 2 aromatic carbocycles. The topological polar surface area (TPSA) is 105 Å². The molecule has 0 spiro atoms. The Labute approximate surface area is 199 Å². The molecule has 1 amide bonds. The van der Waals surface area contributed by atoms with Crippen LogP contribution in [0.5, 0.6) is 5.75 Å². The molecule has 4 N–H and O–H groups in total. The second-order valence-electron chi connectivity index (χ2n) is 9.74. The maximum atomic E-state index is 12.5. The summed E-state index contributed by atoms with van der Waals surface area (Å²) in [4.78, 5) is 26.3. The van der Waals surface area contributed by atoms with Gasteiger partial charge in [-0.05, 0) is 63.6 Å². The molecule has 8 heteroatoms. The van der Waals surface area contributed by atoms with Crippen LogP contribution in [0.15, 0.2) is 12.1 Å². The van der Waals surface area contributed by atoms with E-state index in [0.29, 0.717) is 28.6 Å². The lowest BCUT2D eigenvalue weighted by molar-refractivity contribution is -0.121. The van der Waals surface area contributed by atoms with Crippen molar-refractivity contribution in [1.29, 1.82) is 0 Å². The van der Waals surface area contributed by atoms with Crippen LogP contribution in [0.2, 0.25) is 5.02 Å². The van der Waals surface area contributed by atoms with Gasteiger partial charge < -0.3 is 25.8 Å². The zero-order valence-corrected chi connectivity index (χ0v) is 20.4. The normalized spacial score (nSPS) is 18.6. The zero-order chi connectivity index (χ0) is 24.1. The molecule has 1 saturated heterocycles. The van der Waals surface area contributed by atoms with E-state index in [2.05, 4.69) is 10.2 Å². The minimum absolute atomic E-state index is 0.0522. The Morgan fingerprint density at radius 2 is 2.00 bits per heavy atom. The number of fused-ring (bicyclic) bond motifs is 1. The summed E-state index contributed by atoms with van der Waals surface area (Å²) < 4.78 is 5.15. The number of nitrogens with one attached hydrogen (secondary N) is 1. The molecule has 2 fully saturated rings. The molecule has 1 atom stereocenters. The number of hydrogen-bond donors (Lipinski definition) is 3. The van der Waals surface area contributed by atoms with Crippen molar-refractivity contribution in [3.05, 3.63) is 28.3 Å². The van der Waals surface area contributed by atoms with Gasteiger partial charge in [0.2, 0.25) is 5.91 Å². The Morgan fingerprint density at radius 1 is 1.30 bits per heavy atom. The molecule has 0 unspecified atom stereocenters. The smallest absolute Gasteiger partial charge is 0.341 e. The molecule has 1 saturated carbocycles. The third-order valence-electron chi connectivity index (χ3n) is 6.90. The number of hydrogen-bond acceptors (Lipinski definition) is 6. The Bertz CT molecular complexity index is 1130. The number of anilines is 2. The van der Waals surface area contributed by atoms with E-state index in [1.807, 2.05) is 13.8 Å². The third-order valence-corrected chi connectivity index (χ3v) is 7.27. The van der Waals surface area contributed by atoms with Crippen LogP contribution < -0.4 is 16.0 Å². The number of aromatic hydroxyl groups is 1. The van der Waals surface area contributed by atoms with Crippen molar-refractivity contribution in [2.24, 2.45) is 5.92 Å². The Morgan fingerprint density at radius 3 is 2.61 bits per heavy atom. The van der Waals surface area contributed by atoms with E-state index in [1.165, 1.54) is 6.92 Å². The lowest BCUT2D eigenvalue weighted by Gasteiger charge is -2.33. The average molecular weight is 474 g/mol. The van der Waals surface area contributed by atoms with E-state index in [9.17, 15) is 14.7 Å². The largest absolute Gasteiger partial charge is 0.506 e. The van der Waals surface area contributed by atoms with E-state index >= 15 is 0 Å². The number of carbonyl (C=O) groups is 2. The highest BCUT2D eigenvalue weighted by molar-refractivity contribution is 6.40. The number of ether oxygens (including phenoxy) is 1. The van der Waals surface area contributed by atoms with Crippen molar-refractivity contribution in [2.45, 2.75) is 58.4 Å². The lowest BCUT2D eigenvalue weighted by atomic mass is 9.86. The van der Waals surface area contributed by atoms with Crippen molar-refractivity contribution in [3.63, 3.8) is 0 Å². The van der Waals surface area contributed by atoms with Crippen LogP contribution in [0.25, 0.3) is 10.8 Å². The molecule has 2 aromatic rings. The number of amides is 1. The first-order valence-electron chi connectivity index (χ1n) is 11.5. The Balaban J connectivity index is 1.79. The summed E-state index contributed by atoms with van der Waals surface area (Å²) in [7, 11) is 0. The van der Waals surface area contributed by atoms with Crippen molar-refractivity contribution in [2.75, 3.05) is 30.3 Å². The molecule has 7 nitrogen and oxygen atoms in total. The van der Waals surface area contributed by atoms with Gasteiger partial charge in [0.15, 0.2) is 0 Å². The molecule has 4 rings (SSSR count). The first-order valence-corrected chi connectivity index (χ1v) is 11.9. The molecular formula is C25H32ClN3O4. The summed E-state index contributed by atoms with van der Waals surface area (Å²) in [5, 5.41) is 15.7. The maximum absolute atomic E-state index is 12.5. The van der Waals surface area contributed by atoms with E-state index in [4.69, 9.17) is 22.1 Å². The molecule has 33 heavy (non-hydrogen) atoms. The highest BCUT2D eigenvalue weighted by Gasteiger charge is 2.38. The van der Waals surface area contributed by atoms with Gasteiger partial charge in [-0.1, -0.05) is 11.6 Å². The van der Waals surface area contributed by atoms with Gasteiger partial charge in [0.25, 0.3) is 0 Å². The van der Waals surface area contributed by atoms with Crippen molar-refractivity contribution in [3.8, 4) is 5.75 Å². The number of phenols is 1. The van der Waals surface area contributed by atoms with Crippen molar-refractivity contribution in [1.82, 2.24) is 5.32 Å². The third kappa shape index (κ3) is 4.31. The van der Waals surface area contributed by atoms with Crippen LogP contribution in [0.4, 0.5) is 11.4 Å². The van der Waals surface area contributed by atoms with Gasteiger partial charge in [-0.15, -0.1) is 0 Å². The maximum Gasteiger partial charge on any atom is 0.341 e. The monoisotopic (exact) mass is 473 g/mol. The molecule has 2 aliphatic rings. The average Bonchev–Trinajstić information content (AvgIpc) is 3.44. The van der Waals surface area contributed by atoms with Crippen LogP contribution in [0.3, 0.4) is 0 Å². The molecule has 0 aromatic heterocycles. The molecule has 178 valence electrons. The van der Waals surface area contributed by atoms with E-state index in [0.717, 1.165) is 42.4 Å². The SMILES string of the molecule is CCOC(=O)c1cc(C2CC2)c2c(Cl)c(N3CC[C@H](C(C)(C)NC(C)=O)C3)c(N)cc2c1O. The fourth-order valence-corrected chi connectivity index (χ4v) is 5.52. The summed E-state index contributed by atoms with van der Waals surface area (Å²) in [6.07, 6.45) is 2.91.